The molecule has 0 atom stereocenters. The van der Waals surface area contributed by atoms with Gasteiger partial charge in [0.15, 0.2) is 17.1 Å². The van der Waals surface area contributed by atoms with Crippen LogP contribution in [0.5, 0.6) is 23.0 Å². The summed E-state index contributed by atoms with van der Waals surface area (Å²) in [4.78, 5) is 36.3. The summed E-state index contributed by atoms with van der Waals surface area (Å²) < 4.78 is 48.3. The van der Waals surface area contributed by atoms with E-state index < -0.39 is 11.9 Å². The predicted octanol–water partition coefficient (Wildman–Crippen LogP) is 16.6. The van der Waals surface area contributed by atoms with Crippen molar-refractivity contribution in [2.45, 2.75) is 52.9 Å². The molecule has 0 radical (unpaired) electrons. The number of rotatable bonds is 24. The fourth-order valence-corrected chi connectivity index (χ4v) is 9.76. The monoisotopic (exact) mass is 1240 g/mol. The minimum Gasteiger partial charge on any atom is -0.488 e. The number of esters is 2. The topological polar surface area (TPSA) is 134 Å². The Morgan fingerprint density at radius 2 is 0.649 bits per heavy atom. The van der Waals surface area contributed by atoms with Gasteiger partial charge in [-0.15, -0.1) is 0 Å². The van der Waals surface area contributed by atoms with Crippen LogP contribution in [0.2, 0.25) is 0 Å². The first-order valence-corrected chi connectivity index (χ1v) is 30.7. The van der Waals surface area contributed by atoms with E-state index in [0.29, 0.717) is 89.0 Å². The molecule has 2 heterocycles. The summed E-state index contributed by atoms with van der Waals surface area (Å²) >= 11 is 0. The maximum atomic E-state index is 13.4. The number of hydrogen-bond donors (Lipinski definition) is 0. The Labute approximate surface area is 547 Å². The maximum Gasteiger partial charge on any atom is 0.357 e. The number of carbonyl (C=O) groups excluding carboxylic acids is 2. The van der Waals surface area contributed by atoms with Gasteiger partial charge >= 0.3 is 11.9 Å². The lowest BCUT2D eigenvalue weighted by Crippen LogP contribution is -2.09. The molecule has 0 N–H and O–H groups in total. The molecule has 0 aliphatic carbocycles. The molecule has 2 aromatic heterocycles. The third kappa shape index (κ3) is 18.9. The second-order valence-corrected chi connectivity index (χ2v) is 21.5. The lowest BCUT2D eigenvalue weighted by molar-refractivity contribution is 0.0457. The van der Waals surface area contributed by atoms with Gasteiger partial charge < -0.3 is 37.9 Å². The van der Waals surface area contributed by atoms with E-state index in [-0.39, 0.29) is 44.4 Å². The maximum absolute atomic E-state index is 13.4. The molecule has 0 saturated carbocycles. The Morgan fingerprint density at radius 3 is 1.06 bits per heavy atom. The number of nitrogens with zero attached hydrogens (tertiary/aromatic N) is 2. The van der Waals surface area contributed by atoms with Crippen LogP contribution in [0.4, 0.5) is 0 Å². The van der Waals surface area contributed by atoms with Gasteiger partial charge in [0.05, 0.1) is 18.8 Å². The third-order valence-corrected chi connectivity index (χ3v) is 14.5. The summed E-state index contributed by atoms with van der Waals surface area (Å²) in [7, 11) is 0. The molecule has 0 aliphatic heterocycles. The Balaban J connectivity index is 0.000000192. The van der Waals surface area contributed by atoms with Crippen LogP contribution in [0.25, 0.3) is 21.8 Å². The molecule has 0 saturated heterocycles. The van der Waals surface area contributed by atoms with Crippen molar-refractivity contribution in [2.24, 2.45) is 0 Å². The molecule has 0 unspecified atom stereocenters. The Hall–Kier alpha value is -11.8. The van der Waals surface area contributed by atoms with Crippen molar-refractivity contribution in [1.82, 2.24) is 9.97 Å². The van der Waals surface area contributed by atoms with Gasteiger partial charge in [0, 0.05) is 28.5 Å². The van der Waals surface area contributed by atoms with Crippen LogP contribution >= 0.6 is 0 Å². The zero-order chi connectivity index (χ0) is 64.2. The zero-order valence-corrected chi connectivity index (χ0v) is 51.6. The van der Waals surface area contributed by atoms with Crippen molar-refractivity contribution in [3.8, 4) is 46.7 Å². The molecule has 0 aliphatic rings. The number of benzene rings is 10. The highest BCUT2D eigenvalue weighted by Crippen LogP contribution is 2.37. The second-order valence-electron chi connectivity index (χ2n) is 21.5. The fourth-order valence-electron chi connectivity index (χ4n) is 9.76. The first-order chi connectivity index (χ1) is 46.4. The molecule has 12 nitrogen and oxygen atoms in total. The Bertz CT molecular complexity index is 4530. The number of carbonyl (C=O) groups is 2. The predicted molar refractivity (Wildman–Crippen MR) is 364 cm³/mol. The van der Waals surface area contributed by atoms with Crippen LogP contribution in [0.1, 0.15) is 76.6 Å². The number of pyridine rings is 2. The highest BCUT2D eigenvalue weighted by atomic mass is 16.5. The first kappa shape index (κ1) is 63.8. The molecule has 0 fully saturated rings. The summed E-state index contributed by atoms with van der Waals surface area (Å²) in [6.07, 6.45) is 0. The highest BCUT2D eigenvalue weighted by Gasteiger charge is 2.22. The number of aromatic nitrogens is 2. The minimum absolute atomic E-state index is 0.109. The molecular formula is C82H66N2O10. The average molecular weight is 1240 g/mol. The van der Waals surface area contributed by atoms with E-state index in [4.69, 9.17) is 47.9 Å². The summed E-state index contributed by atoms with van der Waals surface area (Å²) in [6.45, 7) is 2.85. The van der Waals surface area contributed by atoms with Gasteiger partial charge in [-0.3, -0.25) is 0 Å². The Kier molecular flexibility index (Phi) is 23.0. The Morgan fingerprint density at radius 1 is 0.309 bits per heavy atom. The van der Waals surface area contributed by atoms with Gasteiger partial charge in [-0.25, -0.2) is 19.6 Å². The molecule has 12 aromatic rings. The van der Waals surface area contributed by atoms with Crippen molar-refractivity contribution in [3.05, 3.63) is 346 Å². The average Bonchev–Trinajstić information content (AvgIpc) is 0.808. The van der Waals surface area contributed by atoms with Crippen molar-refractivity contribution in [2.75, 3.05) is 13.2 Å². The van der Waals surface area contributed by atoms with E-state index in [1.807, 2.05) is 267 Å². The summed E-state index contributed by atoms with van der Waals surface area (Å²) in [5, 5.41) is 1.36. The van der Waals surface area contributed by atoms with E-state index in [2.05, 4.69) is 23.7 Å². The number of hydrogen-bond acceptors (Lipinski definition) is 12. The molecule has 10 aromatic carbocycles. The van der Waals surface area contributed by atoms with Gasteiger partial charge in [-0.05, 0) is 68.8 Å². The summed E-state index contributed by atoms with van der Waals surface area (Å²) in [5.74, 6) is 13.4. The summed E-state index contributed by atoms with van der Waals surface area (Å²) in [6, 6.07) is 89.2. The summed E-state index contributed by atoms with van der Waals surface area (Å²) in [5.41, 5.74) is 10.3. The first-order valence-electron chi connectivity index (χ1n) is 30.7. The number of fused-ring (bicyclic) bond motifs is 2. The van der Waals surface area contributed by atoms with Crippen LogP contribution in [0, 0.1) is 23.7 Å². The van der Waals surface area contributed by atoms with E-state index >= 15 is 0 Å². The van der Waals surface area contributed by atoms with E-state index in [9.17, 15) is 9.59 Å². The smallest absolute Gasteiger partial charge is 0.357 e. The van der Waals surface area contributed by atoms with E-state index in [1.54, 1.807) is 12.1 Å². The van der Waals surface area contributed by atoms with Crippen molar-refractivity contribution in [1.29, 1.82) is 0 Å². The normalized spacial score (nSPS) is 10.6. The molecule has 464 valence electrons. The quantitative estimate of drug-likeness (QED) is 0.0324. The van der Waals surface area contributed by atoms with Gasteiger partial charge in [0.1, 0.15) is 81.1 Å². The fraction of sp³-hybridized carbons (Fsp3) is 0.122. The molecule has 12 rings (SSSR count). The zero-order valence-electron chi connectivity index (χ0n) is 51.6. The molecule has 0 bridgehead atoms. The SMILES string of the molecule is O=C(OCc1ccccc1)c1cc(OCc2ccccc2)c2cc(C#CCOCc3ccccc3)cc(OCc3ccccc3)c2n1.O=C(OCc1ccccc1)c1cc(OCc2ccccc2)c2ccc(C#CCOCc3ccccc3)c(OCc3ccccc3)c2n1. The van der Waals surface area contributed by atoms with Gasteiger partial charge in [0.25, 0.3) is 0 Å². The van der Waals surface area contributed by atoms with Crippen LogP contribution in [0.15, 0.2) is 279 Å². The molecule has 94 heavy (non-hydrogen) atoms. The van der Waals surface area contributed by atoms with Gasteiger partial charge in [-0.1, -0.05) is 266 Å². The van der Waals surface area contributed by atoms with Crippen molar-refractivity contribution < 1.29 is 47.5 Å². The van der Waals surface area contributed by atoms with E-state index in [0.717, 1.165) is 44.5 Å². The van der Waals surface area contributed by atoms with Crippen LogP contribution in [-0.4, -0.2) is 35.1 Å². The lowest BCUT2D eigenvalue weighted by atomic mass is 10.1. The molecule has 0 amide bonds. The van der Waals surface area contributed by atoms with Crippen LogP contribution < -0.4 is 18.9 Å². The minimum atomic E-state index is -0.569. The third-order valence-electron chi connectivity index (χ3n) is 14.5. The standard InChI is InChI=1S/2C41H33NO5/c43-41(47-30-34-20-11-4-12-21-34)37-26-38(45-28-32-16-7-2-8-17-32)36-24-23-35(22-13-25-44-27-31-14-5-1-6-15-31)40(39(36)42-37)46-29-33-18-9-3-10-19-33;43-41(47-30-34-20-11-4-12-21-34)37-26-38(45-28-32-16-7-2-8-17-32)36-24-35(22-13-23-44-27-31-14-5-1-6-15-31)25-39(40(36)42-37)46-29-33-18-9-3-10-19-33/h1-12,14-21,23-24,26H,25,27-30H2;1-12,14-21,24-26H,23,27-30H2. The largest absolute Gasteiger partial charge is 0.488 e. The van der Waals surface area contributed by atoms with Crippen LogP contribution in [-0.2, 0) is 71.8 Å². The van der Waals surface area contributed by atoms with Gasteiger partial charge in [0.2, 0.25) is 0 Å². The number of ether oxygens (including phenoxy) is 8. The molecular weight excluding hydrogens is 1170 g/mol. The lowest BCUT2D eigenvalue weighted by Gasteiger charge is -2.16. The van der Waals surface area contributed by atoms with Gasteiger partial charge in [-0.2, -0.15) is 0 Å². The van der Waals surface area contributed by atoms with Crippen molar-refractivity contribution in [3.63, 3.8) is 0 Å². The highest BCUT2D eigenvalue weighted by molar-refractivity contribution is 5.98. The molecule has 0 spiro atoms. The van der Waals surface area contributed by atoms with E-state index in [1.165, 1.54) is 0 Å². The van der Waals surface area contributed by atoms with Crippen molar-refractivity contribution >= 4 is 33.7 Å². The molecule has 12 heteroatoms. The second kappa shape index (κ2) is 33.9. The van der Waals surface area contributed by atoms with Crippen LogP contribution in [0.3, 0.4) is 0 Å².